The minimum absolute atomic E-state index is 0.676. The van der Waals surface area contributed by atoms with Gasteiger partial charge in [-0.1, -0.05) is 13.0 Å². The van der Waals surface area contributed by atoms with Crippen LogP contribution in [0.3, 0.4) is 0 Å². The molecule has 1 rings (SSSR count). The first kappa shape index (κ1) is 8.54. The van der Waals surface area contributed by atoms with Gasteiger partial charge in [0.1, 0.15) is 0 Å². The molecule has 10 heavy (non-hydrogen) atoms. The van der Waals surface area contributed by atoms with Gasteiger partial charge in [0.25, 0.3) is 0 Å². The van der Waals surface area contributed by atoms with Crippen LogP contribution in [0, 0.1) is 5.92 Å². The van der Waals surface area contributed by atoms with E-state index in [-0.39, 0.29) is 0 Å². The average Bonchev–Trinajstić information content (AvgIpc) is 2.05. The lowest BCUT2D eigenvalue weighted by Crippen LogP contribution is -2.13. The highest BCUT2D eigenvalue weighted by Gasteiger charge is 2.18. The van der Waals surface area contributed by atoms with E-state index in [4.69, 9.17) is 0 Å². The van der Waals surface area contributed by atoms with E-state index in [1.54, 1.807) is 0 Å². The third-order valence-electron chi connectivity index (χ3n) is 1.65. The van der Waals surface area contributed by atoms with Crippen LogP contribution in [0.15, 0.2) is 12.7 Å². The van der Waals surface area contributed by atoms with E-state index in [2.05, 4.69) is 43.1 Å². The number of hydrogen-bond acceptors (Lipinski definition) is 2. The van der Waals surface area contributed by atoms with Gasteiger partial charge < -0.3 is 0 Å². The Morgan fingerprint density at radius 1 is 1.50 bits per heavy atom. The van der Waals surface area contributed by atoms with Gasteiger partial charge in [-0.25, -0.2) is 0 Å². The summed E-state index contributed by atoms with van der Waals surface area (Å²) < 4.78 is 0.784. The monoisotopic (exact) mass is 174 g/mol. The van der Waals surface area contributed by atoms with E-state index < -0.39 is 0 Å². The van der Waals surface area contributed by atoms with Gasteiger partial charge in [0.15, 0.2) is 0 Å². The highest BCUT2D eigenvalue weighted by molar-refractivity contribution is 8.17. The van der Waals surface area contributed by atoms with Gasteiger partial charge in [0, 0.05) is 0 Å². The predicted octanol–water partition coefficient (Wildman–Crippen LogP) is 3.00. The molecular formula is C8H14S2. The average molecular weight is 174 g/mol. The van der Waals surface area contributed by atoms with Gasteiger partial charge >= 0.3 is 0 Å². The van der Waals surface area contributed by atoms with Crippen molar-refractivity contribution >= 4 is 23.5 Å². The van der Waals surface area contributed by atoms with E-state index in [9.17, 15) is 0 Å². The van der Waals surface area contributed by atoms with Crippen LogP contribution in [-0.4, -0.2) is 16.1 Å². The van der Waals surface area contributed by atoms with Crippen LogP contribution in [-0.2, 0) is 0 Å². The van der Waals surface area contributed by atoms with Gasteiger partial charge in [0.05, 0.1) is 4.58 Å². The van der Waals surface area contributed by atoms with Crippen molar-refractivity contribution in [1.82, 2.24) is 0 Å². The molecule has 1 atom stereocenters. The lowest BCUT2D eigenvalue weighted by molar-refractivity contribution is 0.807. The first-order valence-electron chi connectivity index (χ1n) is 3.70. The second-order valence-electron chi connectivity index (χ2n) is 2.56. The summed E-state index contributed by atoms with van der Waals surface area (Å²) in [6.07, 6.45) is 3.45. The van der Waals surface area contributed by atoms with Crippen LogP contribution < -0.4 is 0 Å². The lowest BCUT2D eigenvalue weighted by Gasteiger charge is -2.24. The minimum Gasteiger partial charge on any atom is -0.147 e. The van der Waals surface area contributed by atoms with Crippen LogP contribution in [0.25, 0.3) is 0 Å². The fraction of sp³-hybridized carbons (Fsp3) is 0.750. The van der Waals surface area contributed by atoms with E-state index in [0.717, 1.165) is 4.58 Å². The maximum Gasteiger partial charge on any atom is 0.0562 e. The number of thioether (sulfide) groups is 2. The molecule has 0 unspecified atom stereocenters. The zero-order valence-corrected chi connectivity index (χ0v) is 8.01. The SMILES string of the molecule is C=C[C@H](C)C1SCCCS1. The maximum absolute atomic E-state index is 3.81. The van der Waals surface area contributed by atoms with E-state index in [1.807, 2.05) is 0 Å². The number of rotatable bonds is 2. The number of hydrogen-bond donors (Lipinski definition) is 0. The smallest absolute Gasteiger partial charge is 0.0562 e. The molecule has 0 saturated carbocycles. The molecule has 0 spiro atoms. The molecule has 0 aromatic rings. The van der Waals surface area contributed by atoms with Gasteiger partial charge in [-0.3, -0.25) is 0 Å². The van der Waals surface area contributed by atoms with Crippen LogP contribution >= 0.6 is 23.5 Å². The Kier molecular flexibility index (Phi) is 3.71. The normalized spacial score (nSPS) is 24.1. The molecule has 0 nitrogen and oxygen atoms in total. The van der Waals surface area contributed by atoms with Crippen LogP contribution in [0.1, 0.15) is 13.3 Å². The summed E-state index contributed by atoms with van der Waals surface area (Å²) in [6, 6.07) is 0. The Morgan fingerprint density at radius 2 is 2.10 bits per heavy atom. The molecule has 0 aromatic carbocycles. The second-order valence-corrected chi connectivity index (χ2v) is 5.36. The van der Waals surface area contributed by atoms with Crippen LogP contribution in [0.4, 0.5) is 0 Å². The third kappa shape index (κ3) is 2.24. The summed E-state index contributed by atoms with van der Waals surface area (Å²) in [5, 5.41) is 0. The summed E-state index contributed by atoms with van der Waals surface area (Å²) in [5.41, 5.74) is 0. The van der Waals surface area contributed by atoms with Crippen molar-refractivity contribution in [2.24, 2.45) is 5.92 Å². The molecule has 0 aromatic heterocycles. The van der Waals surface area contributed by atoms with Gasteiger partial charge in [-0.05, 0) is 23.8 Å². The van der Waals surface area contributed by atoms with Gasteiger partial charge in [-0.2, -0.15) is 0 Å². The summed E-state index contributed by atoms with van der Waals surface area (Å²) >= 11 is 4.18. The fourth-order valence-electron chi connectivity index (χ4n) is 0.921. The fourth-order valence-corrected chi connectivity index (χ4v) is 3.98. The standard InChI is InChI=1S/C8H14S2/c1-3-7(2)8-9-5-4-6-10-8/h3,7-8H,1,4-6H2,2H3/t7-/m0/s1. The minimum atomic E-state index is 0.676. The zero-order valence-electron chi connectivity index (χ0n) is 6.38. The van der Waals surface area contributed by atoms with Crippen molar-refractivity contribution in [2.75, 3.05) is 11.5 Å². The summed E-state index contributed by atoms with van der Waals surface area (Å²) in [7, 11) is 0. The van der Waals surface area contributed by atoms with Gasteiger partial charge in [-0.15, -0.1) is 30.1 Å². The Balaban J connectivity index is 2.30. The molecule has 58 valence electrons. The summed E-state index contributed by atoms with van der Waals surface area (Å²) in [5.74, 6) is 3.36. The Hall–Kier alpha value is 0.440. The topological polar surface area (TPSA) is 0 Å². The van der Waals surface area contributed by atoms with E-state index >= 15 is 0 Å². The van der Waals surface area contributed by atoms with Crippen LogP contribution in [0.2, 0.25) is 0 Å². The quantitative estimate of drug-likeness (QED) is 0.590. The summed E-state index contributed by atoms with van der Waals surface area (Å²) in [6.45, 7) is 6.06. The molecule has 2 heteroatoms. The summed E-state index contributed by atoms with van der Waals surface area (Å²) in [4.78, 5) is 0. The predicted molar refractivity (Wildman–Crippen MR) is 52.7 cm³/mol. The Labute approximate surface area is 71.8 Å². The molecule has 0 aliphatic carbocycles. The first-order valence-corrected chi connectivity index (χ1v) is 5.80. The van der Waals surface area contributed by atoms with Crippen molar-refractivity contribution in [1.29, 1.82) is 0 Å². The van der Waals surface area contributed by atoms with Crippen molar-refractivity contribution in [2.45, 2.75) is 17.9 Å². The first-order chi connectivity index (χ1) is 4.84. The molecule has 0 radical (unpaired) electrons. The molecule has 0 amide bonds. The van der Waals surface area contributed by atoms with E-state index in [1.165, 1.54) is 17.9 Å². The molecular weight excluding hydrogens is 160 g/mol. The number of allylic oxidation sites excluding steroid dienone is 1. The highest BCUT2D eigenvalue weighted by Crippen LogP contribution is 2.35. The molecule has 1 aliphatic heterocycles. The third-order valence-corrected chi connectivity index (χ3v) is 5.03. The molecule has 0 N–H and O–H groups in total. The molecule has 1 saturated heterocycles. The molecule has 1 aliphatic rings. The Bertz CT molecular complexity index is 106. The van der Waals surface area contributed by atoms with Crippen molar-refractivity contribution < 1.29 is 0 Å². The Morgan fingerprint density at radius 3 is 2.60 bits per heavy atom. The largest absolute Gasteiger partial charge is 0.147 e. The highest BCUT2D eigenvalue weighted by atomic mass is 32.2. The lowest BCUT2D eigenvalue weighted by atomic mass is 10.2. The van der Waals surface area contributed by atoms with Crippen molar-refractivity contribution in [3.63, 3.8) is 0 Å². The van der Waals surface area contributed by atoms with E-state index in [0.29, 0.717) is 5.92 Å². The van der Waals surface area contributed by atoms with Gasteiger partial charge in [0.2, 0.25) is 0 Å². The molecule has 0 bridgehead atoms. The zero-order chi connectivity index (χ0) is 7.40. The van der Waals surface area contributed by atoms with Crippen molar-refractivity contribution in [3.8, 4) is 0 Å². The maximum atomic E-state index is 3.81. The molecule has 1 fully saturated rings. The second kappa shape index (κ2) is 4.35. The molecule has 1 heterocycles. The van der Waals surface area contributed by atoms with Crippen LogP contribution in [0.5, 0.6) is 0 Å². The van der Waals surface area contributed by atoms with Crippen molar-refractivity contribution in [3.05, 3.63) is 12.7 Å².